The van der Waals surface area contributed by atoms with Gasteiger partial charge in [0.25, 0.3) is 5.91 Å². The molecule has 0 radical (unpaired) electrons. The SMILES string of the molecule is CC(NC(=O)c1cccc(OCc2cscn2)c1)c1ccc2c(c1)OCO2. The van der Waals surface area contributed by atoms with Crippen LogP contribution in [0.5, 0.6) is 17.2 Å². The summed E-state index contributed by atoms with van der Waals surface area (Å²) in [6.45, 7) is 2.54. The van der Waals surface area contributed by atoms with Crippen molar-refractivity contribution in [3.63, 3.8) is 0 Å². The monoisotopic (exact) mass is 382 g/mol. The lowest BCUT2D eigenvalue weighted by Crippen LogP contribution is -2.26. The number of aromatic nitrogens is 1. The van der Waals surface area contributed by atoms with Crippen molar-refractivity contribution in [1.29, 1.82) is 0 Å². The average Bonchev–Trinajstić information content (AvgIpc) is 3.37. The van der Waals surface area contributed by atoms with Gasteiger partial charge in [-0.25, -0.2) is 4.98 Å². The highest BCUT2D eigenvalue weighted by atomic mass is 32.1. The molecule has 0 spiro atoms. The predicted molar refractivity (Wildman–Crippen MR) is 101 cm³/mol. The highest BCUT2D eigenvalue weighted by Crippen LogP contribution is 2.34. The van der Waals surface area contributed by atoms with Crippen molar-refractivity contribution in [1.82, 2.24) is 10.3 Å². The number of fused-ring (bicyclic) bond motifs is 1. The van der Waals surface area contributed by atoms with Crippen LogP contribution >= 0.6 is 11.3 Å². The molecule has 0 bridgehead atoms. The minimum atomic E-state index is -0.174. The Bertz CT molecular complexity index is 943. The third-order valence-electron chi connectivity index (χ3n) is 4.21. The highest BCUT2D eigenvalue weighted by molar-refractivity contribution is 7.07. The van der Waals surface area contributed by atoms with E-state index in [0.717, 1.165) is 17.0 Å². The number of hydrogen-bond acceptors (Lipinski definition) is 6. The van der Waals surface area contributed by atoms with Gasteiger partial charge in [0.2, 0.25) is 6.79 Å². The Kier molecular flexibility index (Phi) is 4.93. The molecule has 6 nitrogen and oxygen atoms in total. The van der Waals surface area contributed by atoms with Crippen LogP contribution in [0.3, 0.4) is 0 Å². The summed E-state index contributed by atoms with van der Waals surface area (Å²) in [5.74, 6) is 1.89. The predicted octanol–water partition coefficient (Wildman–Crippen LogP) is 3.94. The minimum absolute atomic E-state index is 0.167. The van der Waals surface area contributed by atoms with Crippen molar-refractivity contribution >= 4 is 17.2 Å². The topological polar surface area (TPSA) is 69.7 Å². The quantitative estimate of drug-likeness (QED) is 0.699. The zero-order chi connectivity index (χ0) is 18.6. The molecule has 1 aliphatic rings. The van der Waals surface area contributed by atoms with Crippen molar-refractivity contribution in [3.8, 4) is 17.2 Å². The molecule has 4 rings (SSSR count). The maximum absolute atomic E-state index is 12.6. The first-order valence-electron chi connectivity index (χ1n) is 8.49. The van der Waals surface area contributed by atoms with E-state index in [1.165, 1.54) is 11.3 Å². The van der Waals surface area contributed by atoms with Crippen LogP contribution in [-0.4, -0.2) is 17.7 Å². The lowest BCUT2D eigenvalue weighted by molar-refractivity contribution is 0.0939. The Morgan fingerprint density at radius 1 is 1.26 bits per heavy atom. The van der Waals surface area contributed by atoms with Gasteiger partial charge in [0.05, 0.1) is 17.2 Å². The molecule has 1 aliphatic heterocycles. The molecule has 27 heavy (non-hydrogen) atoms. The standard InChI is InChI=1S/C20H18N2O4S/c1-13(14-5-6-18-19(8-14)26-12-25-18)22-20(23)15-3-2-4-17(7-15)24-9-16-10-27-11-21-16/h2-8,10-11,13H,9,12H2,1H3,(H,22,23). The largest absolute Gasteiger partial charge is 0.487 e. The second-order valence-electron chi connectivity index (χ2n) is 6.10. The smallest absolute Gasteiger partial charge is 0.251 e. The summed E-state index contributed by atoms with van der Waals surface area (Å²) in [5.41, 5.74) is 4.12. The van der Waals surface area contributed by atoms with Crippen LogP contribution in [0.4, 0.5) is 0 Å². The first kappa shape index (κ1) is 17.4. The minimum Gasteiger partial charge on any atom is -0.487 e. The van der Waals surface area contributed by atoms with E-state index in [9.17, 15) is 4.79 Å². The van der Waals surface area contributed by atoms with Crippen molar-refractivity contribution in [2.24, 2.45) is 0 Å². The van der Waals surface area contributed by atoms with E-state index in [1.54, 1.807) is 23.7 Å². The molecule has 138 valence electrons. The van der Waals surface area contributed by atoms with E-state index < -0.39 is 0 Å². The molecule has 2 heterocycles. The van der Waals surface area contributed by atoms with Gasteiger partial charge in [-0.3, -0.25) is 4.79 Å². The second kappa shape index (κ2) is 7.67. The molecule has 1 unspecified atom stereocenters. The van der Waals surface area contributed by atoms with E-state index >= 15 is 0 Å². The average molecular weight is 382 g/mol. The molecule has 1 amide bonds. The number of benzene rings is 2. The summed E-state index contributed by atoms with van der Waals surface area (Å²) in [7, 11) is 0. The van der Waals surface area contributed by atoms with Gasteiger partial charge in [-0.2, -0.15) is 0 Å². The normalized spacial score (nSPS) is 13.2. The maximum Gasteiger partial charge on any atom is 0.251 e. The summed E-state index contributed by atoms with van der Waals surface area (Å²) in [6.07, 6.45) is 0. The van der Waals surface area contributed by atoms with Crippen LogP contribution in [0.2, 0.25) is 0 Å². The molecule has 1 atom stereocenters. The van der Waals surface area contributed by atoms with Crippen molar-refractivity contribution in [2.75, 3.05) is 6.79 Å². The molecule has 2 aromatic carbocycles. The molecular formula is C20H18N2O4S. The number of amides is 1. The number of rotatable bonds is 6. The van der Waals surface area contributed by atoms with Gasteiger partial charge in [0.15, 0.2) is 11.5 Å². The fourth-order valence-corrected chi connectivity index (χ4v) is 3.28. The number of carbonyl (C=O) groups excluding carboxylic acids is 1. The molecule has 3 aromatic rings. The lowest BCUT2D eigenvalue weighted by atomic mass is 10.1. The molecule has 1 N–H and O–H groups in total. The van der Waals surface area contributed by atoms with Gasteiger partial charge in [-0.15, -0.1) is 11.3 Å². The van der Waals surface area contributed by atoms with E-state index in [0.29, 0.717) is 23.7 Å². The Labute approximate surface area is 160 Å². The molecule has 0 aliphatic carbocycles. The Balaban J connectivity index is 1.41. The van der Waals surface area contributed by atoms with E-state index in [-0.39, 0.29) is 18.7 Å². The molecule has 7 heteroatoms. The number of nitrogens with one attached hydrogen (secondary N) is 1. The Morgan fingerprint density at radius 2 is 2.15 bits per heavy atom. The summed E-state index contributed by atoms with van der Waals surface area (Å²) < 4.78 is 16.4. The summed E-state index contributed by atoms with van der Waals surface area (Å²) in [5, 5.41) is 4.93. The highest BCUT2D eigenvalue weighted by Gasteiger charge is 2.17. The summed E-state index contributed by atoms with van der Waals surface area (Å²) in [6, 6.07) is 12.6. The molecule has 0 saturated heterocycles. The maximum atomic E-state index is 12.6. The summed E-state index contributed by atoms with van der Waals surface area (Å²) in [4.78, 5) is 16.8. The van der Waals surface area contributed by atoms with Crippen LogP contribution < -0.4 is 19.5 Å². The fourth-order valence-electron chi connectivity index (χ4n) is 2.74. The van der Waals surface area contributed by atoms with Crippen molar-refractivity contribution in [3.05, 3.63) is 70.2 Å². The fraction of sp³-hybridized carbons (Fsp3) is 0.200. The van der Waals surface area contributed by atoms with Crippen LogP contribution in [0.15, 0.2) is 53.4 Å². The third kappa shape index (κ3) is 4.03. The summed E-state index contributed by atoms with van der Waals surface area (Å²) >= 11 is 1.52. The number of ether oxygens (including phenoxy) is 3. The molecule has 0 fully saturated rings. The first-order valence-corrected chi connectivity index (χ1v) is 9.43. The third-order valence-corrected chi connectivity index (χ3v) is 4.85. The first-order chi connectivity index (χ1) is 13.2. The number of nitrogens with zero attached hydrogens (tertiary/aromatic N) is 1. The van der Waals surface area contributed by atoms with Gasteiger partial charge in [0.1, 0.15) is 12.4 Å². The Hall–Kier alpha value is -3.06. The molecule has 0 saturated carbocycles. The van der Waals surface area contributed by atoms with Crippen molar-refractivity contribution in [2.45, 2.75) is 19.6 Å². The van der Waals surface area contributed by atoms with Crippen LogP contribution in [0.25, 0.3) is 0 Å². The van der Waals surface area contributed by atoms with Crippen LogP contribution in [0, 0.1) is 0 Å². The van der Waals surface area contributed by atoms with Gasteiger partial charge < -0.3 is 19.5 Å². The molecular weight excluding hydrogens is 364 g/mol. The van der Waals surface area contributed by atoms with E-state index in [1.807, 2.05) is 36.6 Å². The number of thiazole rings is 1. The van der Waals surface area contributed by atoms with E-state index in [2.05, 4.69) is 10.3 Å². The number of hydrogen-bond donors (Lipinski definition) is 1. The number of carbonyl (C=O) groups is 1. The Morgan fingerprint density at radius 3 is 3.00 bits per heavy atom. The van der Waals surface area contributed by atoms with E-state index in [4.69, 9.17) is 14.2 Å². The lowest BCUT2D eigenvalue weighted by Gasteiger charge is -2.15. The zero-order valence-corrected chi connectivity index (χ0v) is 15.5. The van der Waals surface area contributed by atoms with Crippen molar-refractivity contribution < 1.29 is 19.0 Å². The van der Waals surface area contributed by atoms with Gasteiger partial charge in [0, 0.05) is 10.9 Å². The van der Waals surface area contributed by atoms with Gasteiger partial charge >= 0.3 is 0 Å². The molecule has 1 aromatic heterocycles. The van der Waals surface area contributed by atoms with Gasteiger partial charge in [-0.05, 0) is 42.8 Å². The van der Waals surface area contributed by atoms with Crippen LogP contribution in [0.1, 0.15) is 34.6 Å². The zero-order valence-electron chi connectivity index (χ0n) is 14.7. The van der Waals surface area contributed by atoms with Crippen LogP contribution in [-0.2, 0) is 6.61 Å². The second-order valence-corrected chi connectivity index (χ2v) is 6.82. The van der Waals surface area contributed by atoms with Gasteiger partial charge in [-0.1, -0.05) is 12.1 Å².